The summed E-state index contributed by atoms with van der Waals surface area (Å²) < 4.78 is 43.8. The first kappa shape index (κ1) is 20.9. The van der Waals surface area contributed by atoms with E-state index >= 15 is 0 Å². The highest BCUT2D eigenvalue weighted by atomic mass is 19.4. The van der Waals surface area contributed by atoms with Gasteiger partial charge in [0.15, 0.2) is 0 Å². The average Bonchev–Trinajstić information content (AvgIpc) is 3.22. The SMILES string of the molecule is O=C(Nc1ccc(C2c3ccc(O)cc3OCC2c2c[nH]c3ccccc23)cc1)C(F)(F)F. The summed E-state index contributed by atoms with van der Waals surface area (Å²) in [6.45, 7) is 0.357. The molecule has 2 atom stereocenters. The molecule has 0 radical (unpaired) electrons. The zero-order valence-electron chi connectivity index (χ0n) is 17.2. The molecule has 0 spiro atoms. The number of H-pyrrole nitrogens is 1. The fourth-order valence-electron chi connectivity index (χ4n) is 4.46. The maximum Gasteiger partial charge on any atom is 0.471 e. The van der Waals surface area contributed by atoms with Gasteiger partial charge < -0.3 is 20.1 Å². The number of carbonyl (C=O) groups is 1. The van der Waals surface area contributed by atoms with Crippen molar-refractivity contribution in [1.82, 2.24) is 4.98 Å². The number of aromatic hydroxyl groups is 1. The van der Waals surface area contributed by atoms with E-state index in [4.69, 9.17) is 4.74 Å². The van der Waals surface area contributed by atoms with E-state index in [2.05, 4.69) is 4.98 Å². The second-order valence-electron chi connectivity index (χ2n) is 7.98. The van der Waals surface area contributed by atoms with Crippen LogP contribution in [0, 0.1) is 0 Å². The van der Waals surface area contributed by atoms with Crippen molar-refractivity contribution in [3.05, 3.63) is 89.6 Å². The third-order valence-corrected chi connectivity index (χ3v) is 5.96. The summed E-state index contributed by atoms with van der Waals surface area (Å²) in [5.41, 5.74) is 3.83. The number of anilines is 1. The minimum Gasteiger partial charge on any atom is -0.508 e. The van der Waals surface area contributed by atoms with E-state index in [0.717, 1.165) is 27.6 Å². The van der Waals surface area contributed by atoms with Crippen molar-refractivity contribution in [1.29, 1.82) is 0 Å². The van der Waals surface area contributed by atoms with E-state index < -0.39 is 12.1 Å². The number of amides is 1. The predicted octanol–water partition coefficient (Wildman–Crippen LogP) is 5.68. The summed E-state index contributed by atoms with van der Waals surface area (Å²) in [6, 6.07) is 19.2. The lowest BCUT2D eigenvalue weighted by molar-refractivity contribution is -0.167. The van der Waals surface area contributed by atoms with Crippen molar-refractivity contribution >= 4 is 22.5 Å². The highest BCUT2D eigenvalue weighted by Gasteiger charge is 2.39. The first-order chi connectivity index (χ1) is 15.8. The van der Waals surface area contributed by atoms with Gasteiger partial charge in [-0.05, 0) is 35.4 Å². The molecule has 8 heteroatoms. The Labute approximate surface area is 186 Å². The largest absolute Gasteiger partial charge is 0.508 e. The second kappa shape index (κ2) is 7.88. The molecule has 2 heterocycles. The Morgan fingerprint density at radius 3 is 2.55 bits per heavy atom. The zero-order chi connectivity index (χ0) is 23.2. The lowest BCUT2D eigenvalue weighted by Gasteiger charge is -2.34. The molecule has 5 nitrogen and oxygen atoms in total. The average molecular weight is 452 g/mol. The number of halogens is 3. The summed E-state index contributed by atoms with van der Waals surface area (Å²) in [5.74, 6) is -1.64. The molecule has 1 amide bonds. The quantitative estimate of drug-likeness (QED) is 0.374. The Morgan fingerprint density at radius 2 is 1.79 bits per heavy atom. The summed E-state index contributed by atoms with van der Waals surface area (Å²) >= 11 is 0. The highest BCUT2D eigenvalue weighted by molar-refractivity contribution is 5.94. The number of phenols is 1. The molecule has 3 aromatic carbocycles. The van der Waals surface area contributed by atoms with Gasteiger partial charge in [-0.25, -0.2) is 0 Å². The molecule has 1 aliphatic heterocycles. The predicted molar refractivity (Wildman–Crippen MR) is 118 cm³/mol. The summed E-state index contributed by atoms with van der Waals surface area (Å²) in [6.07, 6.45) is -3.00. The van der Waals surface area contributed by atoms with Crippen LogP contribution in [0.1, 0.15) is 28.5 Å². The van der Waals surface area contributed by atoms with Gasteiger partial charge in [-0.15, -0.1) is 0 Å². The number of para-hydroxylation sites is 1. The van der Waals surface area contributed by atoms with Gasteiger partial charge >= 0.3 is 12.1 Å². The minimum atomic E-state index is -4.96. The van der Waals surface area contributed by atoms with Gasteiger partial charge in [0.1, 0.15) is 11.5 Å². The monoisotopic (exact) mass is 452 g/mol. The van der Waals surface area contributed by atoms with Crippen LogP contribution in [0.25, 0.3) is 10.9 Å². The number of aromatic amines is 1. The van der Waals surface area contributed by atoms with Gasteiger partial charge in [0.2, 0.25) is 0 Å². The summed E-state index contributed by atoms with van der Waals surface area (Å²) in [5, 5.41) is 12.8. The highest BCUT2D eigenvalue weighted by Crippen LogP contribution is 2.48. The van der Waals surface area contributed by atoms with E-state index in [1.54, 1.807) is 30.3 Å². The minimum absolute atomic E-state index is 0.0581. The van der Waals surface area contributed by atoms with Crippen molar-refractivity contribution in [2.45, 2.75) is 18.0 Å². The molecule has 0 saturated carbocycles. The Kier molecular flexibility index (Phi) is 5.00. The molecular weight excluding hydrogens is 433 g/mol. The number of aromatic nitrogens is 1. The van der Waals surface area contributed by atoms with Crippen LogP contribution in [0.4, 0.5) is 18.9 Å². The van der Waals surface area contributed by atoms with E-state index in [0.29, 0.717) is 12.4 Å². The van der Waals surface area contributed by atoms with Crippen LogP contribution < -0.4 is 10.1 Å². The molecule has 4 aromatic rings. The Balaban J connectivity index is 1.56. The molecule has 0 aliphatic carbocycles. The molecule has 33 heavy (non-hydrogen) atoms. The Bertz CT molecular complexity index is 1330. The fraction of sp³-hybridized carbons (Fsp3) is 0.160. The number of fused-ring (bicyclic) bond motifs is 2. The first-order valence-corrected chi connectivity index (χ1v) is 10.3. The van der Waals surface area contributed by atoms with Crippen LogP contribution in [0.3, 0.4) is 0 Å². The smallest absolute Gasteiger partial charge is 0.471 e. The molecule has 1 aliphatic rings. The van der Waals surface area contributed by atoms with Crippen LogP contribution >= 0.6 is 0 Å². The molecule has 2 unspecified atom stereocenters. The van der Waals surface area contributed by atoms with Gasteiger partial charge in [0.05, 0.1) is 6.61 Å². The van der Waals surface area contributed by atoms with Gasteiger partial charge in [-0.1, -0.05) is 36.4 Å². The van der Waals surface area contributed by atoms with E-state index in [1.165, 1.54) is 12.1 Å². The number of hydrogen-bond donors (Lipinski definition) is 3. The molecule has 3 N–H and O–H groups in total. The lowest BCUT2D eigenvalue weighted by Crippen LogP contribution is -2.30. The van der Waals surface area contributed by atoms with Crippen molar-refractivity contribution in [2.75, 3.05) is 11.9 Å². The van der Waals surface area contributed by atoms with Gasteiger partial charge in [0, 0.05) is 46.3 Å². The third-order valence-electron chi connectivity index (χ3n) is 5.96. The number of ether oxygens (including phenoxy) is 1. The van der Waals surface area contributed by atoms with E-state index in [-0.39, 0.29) is 23.3 Å². The standard InChI is InChI=1S/C25H19F3N2O3/c26-25(27,28)24(32)30-15-7-5-14(6-8-15)23-18-10-9-16(31)11-22(18)33-13-20(23)19-12-29-21-4-2-1-3-17(19)21/h1-12,20,23,29,31H,13H2,(H,30,32). The maximum absolute atomic E-state index is 12.6. The number of phenolic OH excluding ortho intramolecular Hbond substituents is 1. The van der Waals surface area contributed by atoms with Crippen molar-refractivity contribution in [2.24, 2.45) is 0 Å². The van der Waals surface area contributed by atoms with Crippen molar-refractivity contribution < 1.29 is 27.8 Å². The zero-order valence-corrected chi connectivity index (χ0v) is 17.2. The molecule has 5 rings (SSSR count). The van der Waals surface area contributed by atoms with Crippen molar-refractivity contribution in [3.8, 4) is 11.5 Å². The molecule has 0 bridgehead atoms. The molecule has 1 aromatic heterocycles. The summed E-state index contributed by atoms with van der Waals surface area (Å²) in [4.78, 5) is 14.6. The molecule has 0 fully saturated rings. The number of carbonyl (C=O) groups excluding carboxylic acids is 1. The van der Waals surface area contributed by atoms with E-state index in [9.17, 15) is 23.1 Å². The van der Waals surface area contributed by atoms with Gasteiger partial charge in [-0.2, -0.15) is 13.2 Å². The summed E-state index contributed by atoms with van der Waals surface area (Å²) in [7, 11) is 0. The van der Waals surface area contributed by atoms with Gasteiger partial charge in [-0.3, -0.25) is 4.79 Å². The lowest BCUT2D eigenvalue weighted by atomic mass is 9.76. The number of benzene rings is 3. The topological polar surface area (TPSA) is 74.3 Å². The van der Waals surface area contributed by atoms with Crippen LogP contribution in [0.2, 0.25) is 0 Å². The van der Waals surface area contributed by atoms with Crippen LogP contribution in [0.5, 0.6) is 11.5 Å². The molecule has 0 saturated heterocycles. The third kappa shape index (κ3) is 3.88. The van der Waals surface area contributed by atoms with Crippen LogP contribution in [-0.2, 0) is 4.79 Å². The van der Waals surface area contributed by atoms with E-state index in [1.807, 2.05) is 35.8 Å². The van der Waals surface area contributed by atoms with Crippen molar-refractivity contribution in [3.63, 3.8) is 0 Å². The normalized spacial score (nSPS) is 17.9. The number of nitrogens with one attached hydrogen (secondary N) is 2. The number of rotatable bonds is 3. The Morgan fingerprint density at radius 1 is 1.03 bits per heavy atom. The van der Waals surface area contributed by atoms with Crippen LogP contribution in [-0.4, -0.2) is 28.8 Å². The second-order valence-corrected chi connectivity index (χ2v) is 7.98. The van der Waals surface area contributed by atoms with Gasteiger partial charge in [0.25, 0.3) is 0 Å². The molecule has 168 valence electrons. The number of hydrogen-bond acceptors (Lipinski definition) is 3. The first-order valence-electron chi connectivity index (χ1n) is 10.3. The molecular formula is C25H19F3N2O3. The van der Waals surface area contributed by atoms with Crippen LogP contribution in [0.15, 0.2) is 72.9 Å². The number of alkyl halides is 3. The maximum atomic E-state index is 12.6. The Hall–Kier alpha value is -3.94. The fourth-order valence-corrected chi connectivity index (χ4v) is 4.46.